The molecule has 0 radical (unpaired) electrons. The van der Waals surface area contributed by atoms with Crippen LogP contribution >= 0.6 is 0 Å². The van der Waals surface area contributed by atoms with Crippen LogP contribution in [0.25, 0.3) is 5.69 Å². The van der Waals surface area contributed by atoms with Crippen molar-refractivity contribution in [3.63, 3.8) is 0 Å². The maximum Gasteiger partial charge on any atom is 0.416 e. The predicted molar refractivity (Wildman–Crippen MR) is 104 cm³/mol. The van der Waals surface area contributed by atoms with Crippen molar-refractivity contribution in [3.05, 3.63) is 76.0 Å². The number of halogens is 3. The molecule has 0 atom stereocenters. The zero-order valence-corrected chi connectivity index (χ0v) is 16.2. The van der Waals surface area contributed by atoms with Gasteiger partial charge < -0.3 is 4.74 Å². The lowest BCUT2D eigenvalue weighted by molar-refractivity contribution is -0.137. The van der Waals surface area contributed by atoms with Crippen LogP contribution in [0.15, 0.2) is 53.3 Å². The number of hydrogen-bond donors (Lipinski definition) is 0. The first-order valence-electron chi connectivity index (χ1n) is 9.32. The van der Waals surface area contributed by atoms with Gasteiger partial charge in [0.2, 0.25) is 0 Å². The van der Waals surface area contributed by atoms with Crippen LogP contribution in [0.5, 0.6) is 5.75 Å². The molecule has 0 amide bonds. The average molecular weight is 405 g/mol. The first-order chi connectivity index (χ1) is 13.8. The molecule has 8 heteroatoms. The van der Waals surface area contributed by atoms with Crippen LogP contribution in [0.4, 0.5) is 13.2 Å². The molecule has 0 saturated carbocycles. The van der Waals surface area contributed by atoms with Gasteiger partial charge in [0.15, 0.2) is 0 Å². The van der Waals surface area contributed by atoms with Crippen molar-refractivity contribution in [2.24, 2.45) is 0 Å². The van der Waals surface area contributed by atoms with Crippen molar-refractivity contribution >= 4 is 0 Å². The Morgan fingerprint density at radius 2 is 1.66 bits per heavy atom. The molecular weight excluding hydrogens is 383 g/mol. The molecule has 0 fully saturated rings. The maximum atomic E-state index is 12.8. The van der Waals surface area contributed by atoms with E-state index in [4.69, 9.17) is 4.74 Å². The molecule has 0 aliphatic heterocycles. The van der Waals surface area contributed by atoms with Crippen LogP contribution in [0, 0.1) is 0 Å². The predicted octanol–water partition coefficient (Wildman–Crippen LogP) is 4.26. The molecule has 0 unspecified atom stereocenters. The summed E-state index contributed by atoms with van der Waals surface area (Å²) in [7, 11) is 1.60. The summed E-state index contributed by atoms with van der Waals surface area (Å²) in [6.45, 7) is 2.45. The highest BCUT2D eigenvalue weighted by Crippen LogP contribution is 2.29. The quantitative estimate of drug-likeness (QED) is 0.590. The van der Waals surface area contributed by atoms with E-state index >= 15 is 0 Å². The second kappa shape index (κ2) is 8.55. The molecule has 5 nitrogen and oxygen atoms in total. The van der Waals surface area contributed by atoms with Crippen LogP contribution in [0.3, 0.4) is 0 Å². The number of benzene rings is 2. The fraction of sp³-hybridized carbons (Fsp3) is 0.333. The molecule has 3 rings (SSSR count). The molecule has 0 aliphatic rings. The number of rotatable bonds is 7. The Balaban J connectivity index is 1.87. The van der Waals surface area contributed by atoms with E-state index in [0.29, 0.717) is 30.9 Å². The number of methoxy groups -OCH3 is 1. The minimum atomic E-state index is -4.42. The highest BCUT2D eigenvalue weighted by Gasteiger charge is 2.30. The smallest absolute Gasteiger partial charge is 0.416 e. The average Bonchev–Trinajstić information content (AvgIpc) is 3.02. The van der Waals surface area contributed by atoms with Gasteiger partial charge in [0.25, 0.3) is 0 Å². The van der Waals surface area contributed by atoms with Gasteiger partial charge in [0.1, 0.15) is 11.6 Å². The third-order valence-electron chi connectivity index (χ3n) is 4.62. The van der Waals surface area contributed by atoms with E-state index in [1.54, 1.807) is 11.7 Å². The fourth-order valence-corrected chi connectivity index (χ4v) is 3.08. The first kappa shape index (κ1) is 20.7. The Labute approximate surface area is 166 Å². The van der Waals surface area contributed by atoms with Gasteiger partial charge in [-0.3, -0.25) is 4.57 Å². The third kappa shape index (κ3) is 4.70. The number of aromatic nitrogens is 3. The largest absolute Gasteiger partial charge is 0.497 e. The van der Waals surface area contributed by atoms with E-state index in [9.17, 15) is 18.0 Å². The molecule has 3 aromatic rings. The maximum absolute atomic E-state index is 12.8. The highest BCUT2D eigenvalue weighted by atomic mass is 19.4. The molecule has 0 aliphatic carbocycles. The van der Waals surface area contributed by atoms with Gasteiger partial charge in [-0.2, -0.15) is 17.9 Å². The van der Waals surface area contributed by atoms with E-state index in [0.717, 1.165) is 29.9 Å². The molecule has 0 N–H and O–H groups in total. The van der Waals surface area contributed by atoms with Crippen molar-refractivity contribution in [2.45, 2.75) is 38.9 Å². The van der Waals surface area contributed by atoms with E-state index in [1.165, 1.54) is 16.8 Å². The molecule has 0 bridgehead atoms. The Bertz CT molecular complexity index is 1000. The van der Waals surface area contributed by atoms with Gasteiger partial charge in [-0.05, 0) is 54.8 Å². The molecule has 1 heterocycles. The van der Waals surface area contributed by atoms with Crippen LogP contribution < -0.4 is 10.4 Å². The van der Waals surface area contributed by atoms with Gasteiger partial charge >= 0.3 is 11.9 Å². The lowest BCUT2D eigenvalue weighted by Crippen LogP contribution is -2.24. The Kier molecular flexibility index (Phi) is 6.10. The topological polar surface area (TPSA) is 49.0 Å². The summed E-state index contributed by atoms with van der Waals surface area (Å²) < 4.78 is 46.2. The Morgan fingerprint density at radius 1 is 1.00 bits per heavy atom. The molecule has 29 heavy (non-hydrogen) atoms. The van der Waals surface area contributed by atoms with Crippen LogP contribution in [0.1, 0.15) is 30.3 Å². The molecule has 0 saturated heterocycles. The van der Waals surface area contributed by atoms with Crippen molar-refractivity contribution < 1.29 is 17.9 Å². The molecule has 154 valence electrons. The minimum Gasteiger partial charge on any atom is -0.497 e. The standard InChI is InChI=1S/C21H22F3N3O2/c1-3-14-26-19(13-6-15-4-11-18(29-2)12-5-15)25-27(20(26)28)17-9-7-16(8-10-17)21(22,23)24/h4-5,7-12H,3,6,13-14H2,1-2H3. The Morgan fingerprint density at radius 3 is 2.21 bits per heavy atom. The molecule has 0 spiro atoms. The number of nitrogens with zero attached hydrogens (tertiary/aromatic N) is 3. The summed E-state index contributed by atoms with van der Waals surface area (Å²) in [5, 5.41) is 4.40. The van der Waals surface area contributed by atoms with E-state index in [2.05, 4.69) is 5.10 Å². The van der Waals surface area contributed by atoms with Crippen LogP contribution in [-0.4, -0.2) is 21.5 Å². The summed E-state index contributed by atoms with van der Waals surface area (Å²) in [5.41, 5.74) is 0.271. The highest BCUT2D eigenvalue weighted by molar-refractivity contribution is 5.34. The van der Waals surface area contributed by atoms with Crippen molar-refractivity contribution in [1.82, 2.24) is 14.3 Å². The lowest BCUT2D eigenvalue weighted by atomic mass is 10.1. The zero-order chi connectivity index (χ0) is 21.0. The van der Waals surface area contributed by atoms with Crippen molar-refractivity contribution in [1.29, 1.82) is 0 Å². The summed E-state index contributed by atoms with van der Waals surface area (Å²) in [6.07, 6.45) is -2.46. The normalized spacial score (nSPS) is 11.6. The second-order valence-electron chi connectivity index (χ2n) is 6.65. The van der Waals surface area contributed by atoms with E-state index in [1.807, 2.05) is 31.2 Å². The first-order valence-corrected chi connectivity index (χ1v) is 9.32. The van der Waals surface area contributed by atoms with Gasteiger partial charge in [-0.1, -0.05) is 19.1 Å². The van der Waals surface area contributed by atoms with Gasteiger partial charge in [-0.25, -0.2) is 4.79 Å². The van der Waals surface area contributed by atoms with Crippen molar-refractivity contribution in [2.75, 3.05) is 7.11 Å². The number of hydrogen-bond acceptors (Lipinski definition) is 3. The number of aryl methyl sites for hydroxylation is 2. The number of alkyl halides is 3. The van der Waals surface area contributed by atoms with Gasteiger partial charge in [0.05, 0.1) is 18.4 Å². The zero-order valence-electron chi connectivity index (χ0n) is 16.2. The summed E-state index contributed by atoms with van der Waals surface area (Å²) in [6, 6.07) is 12.1. The van der Waals surface area contributed by atoms with Crippen LogP contribution in [-0.2, 0) is 25.6 Å². The van der Waals surface area contributed by atoms with Crippen molar-refractivity contribution in [3.8, 4) is 11.4 Å². The van der Waals surface area contributed by atoms with Gasteiger partial charge in [-0.15, -0.1) is 5.10 Å². The summed E-state index contributed by atoms with van der Waals surface area (Å²) in [5.74, 6) is 1.37. The monoisotopic (exact) mass is 405 g/mol. The van der Waals surface area contributed by atoms with Gasteiger partial charge in [0, 0.05) is 13.0 Å². The fourth-order valence-electron chi connectivity index (χ4n) is 3.08. The van der Waals surface area contributed by atoms with E-state index in [-0.39, 0.29) is 5.69 Å². The molecule has 1 aromatic heterocycles. The summed E-state index contributed by atoms with van der Waals surface area (Å²) >= 11 is 0. The Hall–Kier alpha value is -3.03. The summed E-state index contributed by atoms with van der Waals surface area (Å²) in [4.78, 5) is 12.8. The van der Waals surface area contributed by atoms with E-state index < -0.39 is 11.7 Å². The second-order valence-corrected chi connectivity index (χ2v) is 6.65. The SMILES string of the molecule is CCCn1c(CCc2ccc(OC)cc2)nn(-c2ccc(C(F)(F)F)cc2)c1=O. The number of ether oxygens (including phenoxy) is 1. The van der Waals surface area contributed by atoms with Crippen LogP contribution in [0.2, 0.25) is 0 Å². The third-order valence-corrected chi connectivity index (χ3v) is 4.62. The molecular formula is C21H22F3N3O2. The lowest BCUT2D eigenvalue weighted by Gasteiger charge is -2.07. The molecule has 2 aromatic carbocycles. The minimum absolute atomic E-state index is 0.309.